The molecule has 0 N–H and O–H groups in total. The summed E-state index contributed by atoms with van der Waals surface area (Å²) >= 11 is 0. The minimum Gasteiger partial charge on any atom is -0.455 e. The summed E-state index contributed by atoms with van der Waals surface area (Å²) in [5, 5.41) is 5.30. The summed E-state index contributed by atoms with van der Waals surface area (Å²) in [6.07, 6.45) is 9.88. The smallest absolute Gasteiger partial charge is 0.228 e. The minimum atomic E-state index is 0.153. The molecule has 0 unspecified atom stereocenters. The topological polar surface area (TPSA) is 13.1 Å². The van der Waals surface area contributed by atoms with Crippen LogP contribution in [0.1, 0.15) is 81.0 Å². The lowest BCUT2D eigenvalue weighted by atomic mass is 9.80. The van der Waals surface area contributed by atoms with Gasteiger partial charge >= 0.3 is 0 Å². The quantitative estimate of drug-likeness (QED) is 0.238. The van der Waals surface area contributed by atoms with E-state index in [0.29, 0.717) is 5.92 Å². The molecule has 0 amide bonds. The fourth-order valence-corrected chi connectivity index (χ4v) is 6.70. The molecule has 0 atom stereocenters. The van der Waals surface area contributed by atoms with E-state index in [0.717, 1.165) is 17.9 Å². The van der Waals surface area contributed by atoms with E-state index in [1.54, 1.807) is 0 Å². The summed E-state index contributed by atoms with van der Waals surface area (Å²) in [5.74, 6) is 2.78. The minimum absolute atomic E-state index is 0.153. The highest BCUT2D eigenvalue weighted by molar-refractivity contribution is 6.07. The van der Waals surface area contributed by atoms with E-state index in [1.165, 1.54) is 87.2 Å². The number of ether oxygens (including phenoxy) is 1. The number of pyridine rings is 1. The van der Waals surface area contributed by atoms with Crippen molar-refractivity contribution in [2.75, 3.05) is 0 Å². The third-order valence-electron chi connectivity index (χ3n) is 8.31. The van der Waals surface area contributed by atoms with Gasteiger partial charge in [-0.15, -0.1) is 0 Å². The summed E-state index contributed by atoms with van der Waals surface area (Å²) < 4.78 is 9.35. The van der Waals surface area contributed by atoms with Crippen LogP contribution in [0.5, 0.6) is 11.5 Å². The molecule has 1 fully saturated rings. The van der Waals surface area contributed by atoms with Crippen molar-refractivity contribution < 1.29 is 9.30 Å². The van der Waals surface area contributed by atoms with Gasteiger partial charge in [0.05, 0.1) is 10.9 Å². The number of aryl methyl sites for hydroxylation is 3. The van der Waals surface area contributed by atoms with Gasteiger partial charge in [0, 0.05) is 11.6 Å². The van der Waals surface area contributed by atoms with E-state index in [9.17, 15) is 0 Å². The summed E-state index contributed by atoms with van der Waals surface area (Å²) in [5.41, 5.74) is 8.19. The molecule has 1 aromatic heterocycles. The van der Waals surface area contributed by atoms with Gasteiger partial charge in [0.1, 0.15) is 18.5 Å². The molecule has 180 valence electrons. The fraction of sp³-hybridized carbons (Fsp3) is 0.424. The highest BCUT2D eigenvalue weighted by atomic mass is 16.5. The largest absolute Gasteiger partial charge is 0.455 e. The number of aromatic nitrogens is 1. The van der Waals surface area contributed by atoms with Crippen molar-refractivity contribution in [1.82, 2.24) is 0 Å². The number of benzene rings is 3. The zero-order chi connectivity index (χ0) is 24.5. The zero-order valence-electron chi connectivity index (χ0n) is 22.2. The first kappa shape index (κ1) is 22.6. The van der Waals surface area contributed by atoms with E-state index >= 15 is 0 Å². The van der Waals surface area contributed by atoms with Crippen LogP contribution in [0.2, 0.25) is 0 Å². The number of hydrogen-bond acceptors (Lipinski definition) is 1. The lowest BCUT2D eigenvalue weighted by Crippen LogP contribution is -2.32. The molecule has 0 spiro atoms. The molecule has 1 saturated carbocycles. The summed E-state index contributed by atoms with van der Waals surface area (Å²) in [4.78, 5) is 0. The second kappa shape index (κ2) is 8.08. The molecule has 2 nitrogen and oxygen atoms in total. The number of fused-ring (bicyclic) bond motifs is 3. The van der Waals surface area contributed by atoms with Gasteiger partial charge in [0.2, 0.25) is 5.69 Å². The van der Waals surface area contributed by atoms with Crippen molar-refractivity contribution >= 4 is 21.5 Å². The molecule has 0 saturated heterocycles. The normalized spacial score (nSPS) is 15.9. The van der Waals surface area contributed by atoms with Crippen molar-refractivity contribution in [3.8, 4) is 22.8 Å². The van der Waals surface area contributed by atoms with Crippen LogP contribution in [0.25, 0.3) is 32.8 Å². The van der Waals surface area contributed by atoms with Crippen molar-refractivity contribution in [2.45, 2.75) is 79.1 Å². The van der Waals surface area contributed by atoms with Crippen LogP contribution in [-0.4, -0.2) is 0 Å². The van der Waals surface area contributed by atoms with E-state index in [1.807, 2.05) is 0 Å². The molecule has 35 heavy (non-hydrogen) atoms. The molecule has 0 bridgehead atoms. The Balaban J connectivity index is 1.70. The first-order valence-corrected chi connectivity index (χ1v) is 13.4. The lowest BCUT2D eigenvalue weighted by Gasteiger charge is -2.29. The standard InChI is InChI=1S/C33H38NO/c1-20-11-10-14-25-21(2)29-31-30-23(15-16-34(31)6)17-24(22-12-8-7-9-13-22)18-27(30)35-32(29)26(28(20)25)19-33(3,4)5/h10-11,14-18,22H,7-9,12-13,19H2,1-6H3/q+1. The number of nitrogens with zero attached hydrogens (tertiary/aromatic N) is 1. The van der Waals surface area contributed by atoms with Gasteiger partial charge in [-0.2, -0.15) is 0 Å². The second-order valence-corrected chi connectivity index (χ2v) is 12.2. The molecule has 2 heteroatoms. The van der Waals surface area contributed by atoms with Crippen LogP contribution in [0.4, 0.5) is 0 Å². The Hall–Kier alpha value is -2.87. The summed E-state index contributed by atoms with van der Waals surface area (Å²) in [6.45, 7) is 11.5. The van der Waals surface area contributed by atoms with E-state index in [-0.39, 0.29) is 5.41 Å². The van der Waals surface area contributed by atoms with Gasteiger partial charge < -0.3 is 4.74 Å². The van der Waals surface area contributed by atoms with Gasteiger partial charge in [-0.25, -0.2) is 4.57 Å². The Morgan fingerprint density at radius 3 is 2.49 bits per heavy atom. The first-order valence-electron chi connectivity index (χ1n) is 13.4. The maximum atomic E-state index is 7.04. The summed E-state index contributed by atoms with van der Waals surface area (Å²) in [6, 6.07) is 13.9. The highest BCUT2D eigenvalue weighted by Crippen LogP contribution is 2.53. The van der Waals surface area contributed by atoms with Crippen LogP contribution < -0.4 is 9.30 Å². The second-order valence-electron chi connectivity index (χ2n) is 12.2. The van der Waals surface area contributed by atoms with Crippen LogP contribution in [-0.2, 0) is 13.5 Å². The third-order valence-corrected chi connectivity index (χ3v) is 8.31. The number of hydrogen-bond donors (Lipinski definition) is 0. The maximum Gasteiger partial charge on any atom is 0.228 e. The zero-order valence-corrected chi connectivity index (χ0v) is 22.2. The lowest BCUT2D eigenvalue weighted by molar-refractivity contribution is -0.659. The van der Waals surface area contributed by atoms with Crippen LogP contribution >= 0.6 is 0 Å². The fourth-order valence-electron chi connectivity index (χ4n) is 6.70. The SMILES string of the molecule is Cc1c2c(c(CC(C)(C)C)c3c(C)cccc13)Oc1cc(C3CCCCC3)cc3cc[n+](C)c-2c13. The first-order chi connectivity index (χ1) is 16.7. The molecular formula is C33H38NO+. The van der Waals surface area contributed by atoms with Crippen molar-refractivity contribution in [2.24, 2.45) is 12.5 Å². The molecule has 2 aliphatic rings. The van der Waals surface area contributed by atoms with Crippen molar-refractivity contribution in [3.05, 3.63) is 64.8 Å². The van der Waals surface area contributed by atoms with Crippen LogP contribution in [0.3, 0.4) is 0 Å². The molecular weight excluding hydrogens is 426 g/mol. The van der Waals surface area contributed by atoms with Crippen LogP contribution in [0, 0.1) is 19.3 Å². The molecule has 3 aromatic carbocycles. The van der Waals surface area contributed by atoms with E-state index in [4.69, 9.17) is 4.74 Å². The van der Waals surface area contributed by atoms with Gasteiger partial charge in [0.15, 0.2) is 6.20 Å². The average molecular weight is 465 g/mol. The molecule has 0 radical (unpaired) electrons. The average Bonchev–Trinajstić information content (AvgIpc) is 2.83. The van der Waals surface area contributed by atoms with Gasteiger partial charge in [-0.1, -0.05) is 64.3 Å². The third kappa shape index (κ3) is 3.64. The molecule has 4 aromatic rings. The predicted octanol–water partition coefficient (Wildman–Crippen LogP) is 8.84. The Bertz CT molecular complexity index is 1480. The highest BCUT2D eigenvalue weighted by Gasteiger charge is 2.34. The Kier molecular flexibility index (Phi) is 5.22. The monoisotopic (exact) mass is 464 g/mol. The Morgan fingerprint density at radius 1 is 0.971 bits per heavy atom. The molecule has 1 aliphatic heterocycles. The summed E-state index contributed by atoms with van der Waals surface area (Å²) in [7, 11) is 2.19. The Labute approximate surface area is 209 Å². The predicted molar refractivity (Wildman–Crippen MR) is 147 cm³/mol. The number of rotatable bonds is 2. The van der Waals surface area contributed by atoms with Gasteiger partial charge in [-0.3, -0.25) is 0 Å². The van der Waals surface area contributed by atoms with Gasteiger partial charge in [0.25, 0.3) is 0 Å². The van der Waals surface area contributed by atoms with E-state index < -0.39 is 0 Å². The van der Waals surface area contributed by atoms with E-state index in [2.05, 4.69) is 88.8 Å². The van der Waals surface area contributed by atoms with Crippen molar-refractivity contribution in [3.63, 3.8) is 0 Å². The Morgan fingerprint density at radius 2 is 1.74 bits per heavy atom. The molecule has 6 rings (SSSR count). The molecule has 2 heterocycles. The van der Waals surface area contributed by atoms with Crippen LogP contribution in [0.15, 0.2) is 42.6 Å². The molecule has 1 aliphatic carbocycles. The maximum absolute atomic E-state index is 7.04. The van der Waals surface area contributed by atoms with Crippen molar-refractivity contribution in [1.29, 1.82) is 0 Å². The van der Waals surface area contributed by atoms with Gasteiger partial charge in [-0.05, 0) is 83.4 Å².